The largest absolute Gasteiger partial charge is 0.383 e. The van der Waals surface area contributed by atoms with Crippen molar-refractivity contribution in [2.75, 3.05) is 11.9 Å². The monoisotopic (exact) mass is 381 g/mol. The minimum absolute atomic E-state index is 0.0171. The molecule has 0 aromatic heterocycles. The average Bonchev–Trinajstić information content (AvgIpc) is 2.64. The van der Waals surface area contributed by atoms with E-state index < -0.39 is 0 Å². The zero-order valence-corrected chi connectivity index (χ0v) is 18.7. The van der Waals surface area contributed by atoms with Crippen LogP contribution in [-0.4, -0.2) is 18.2 Å². The zero-order valence-electron chi connectivity index (χ0n) is 18.7. The smallest absolute Gasteiger partial charge is 0.0635 e. The van der Waals surface area contributed by atoms with Crippen LogP contribution in [0.4, 0.5) is 5.69 Å². The molecule has 2 aromatic rings. The van der Waals surface area contributed by atoms with Gasteiger partial charge in [0, 0.05) is 23.8 Å². The number of anilines is 1. The van der Waals surface area contributed by atoms with Gasteiger partial charge in [-0.1, -0.05) is 61.4 Å². The van der Waals surface area contributed by atoms with Crippen LogP contribution in [0.1, 0.15) is 71.4 Å². The molecule has 1 fully saturated rings. The van der Waals surface area contributed by atoms with Gasteiger partial charge in [0.25, 0.3) is 0 Å². The first kappa shape index (κ1) is 22.5. The van der Waals surface area contributed by atoms with Crippen LogP contribution in [-0.2, 0) is 10.2 Å². The van der Waals surface area contributed by atoms with Crippen molar-refractivity contribution in [1.29, 1.82) is 0 Å². The van der Waals surface area contributed by atoms with Crippen molar-refractivity contribution in [3.63, 3.8) is 0 Å². The van der Waals surface area contributed by atoms with Gasteiger partial charge in [-0.25, -0.2) is 0 Å². The molecule has 0 amide bonds. The van der Waals surface area contributed by atoms with Crippen LogP contribution in [0, 0.1) is 6.92 Å². The van der Waals surface area contributed by atoms with Gasteiger partial charge < -0.3 is 10.1 Å². The third kappa shape index (κ3) is 6.67. The number of nitrogens with one attached hydrogen (secondary N) is 1. The first-order chi connectivity index (χ1) is 13.3. The molecule has 0 saturated carbocycles. The summed E-state index contributed by atoms with van der Waals surface area (Å²) in [4.78, 5) is 0. The normalized spacial score (nSPS) is 21.0. The van der Waals surface area contributed by atoms with E-state index >= 15 is 0 Å². The van der Waals surface area contributed by atoms with Crippen LogP contribution in [0.3, 0.4) is 0 Å². The Morgan fingerprint density at radius 3 is 2.18 bits per heavy atom. The van der Waals surface area contributed by atoms with Crippen LogP contribution in [0.5, 0.6) is 0 Å². The molecule has 1 saturated heterocycles. The van der Waals surface area contributed by atoms with Gasteiger partial charge in [-0.15, -0.1) is 0 Å². The number of hydrogen-bond donors (Lipinski definition) is 1. The molecule has 0 radical (unpaired) electrons. The van der Waals surface area contributed by atoms with Crippen molar-refractivity contribution in [2.24, 2.45) is 0 Å². The molecule has 1 atom stereocenters. The lowest BCUT2D eigenvalue weighted by Gasteiger charge is -2.45. The summed E-state index contributed by atoms with van der Waals surface area (Å²) in [7, 11) is 0. The summed E-state index contributed by atoms with van der Waals surface area (Å²) in [6, 6.07) is 20.0. The standard InChI is InChI=1S/C16H24O.C10H15N/c1-4-10-16(14-8-6-5-7-9-14)11-12-17-15(2,3)13-16;1-8(2)11-10-6-4-9(3)5-7-10/h5-9H,4,10-13H2,1-3H3;4-8,11H,1-3H3. The fourth-order valence-electron chi connectivity index (χ4n) is 4.33. The second-order valence-corrected chi connectivity index (χ2v) is 9.10. The molecule has 3 rings (SSSR count). The summed E-state index contributed by atoms with van der Waals surface area (Å²) >= 11 is 0. The van der Waals surface area contributed by atoms with E-state index in [1.165, 1.54) is 29.7 Å². The summed E-state index contributed by atoms with van der Waals surface area (Å²) in [5.74, 6) is 0. The van der Waals surface area contributed by atoms with Crippen molar-refractivity contribution >= 4 is 5.69 Å². The molecular weight excluding hydrogens is 342 g/mol. The second-order valence-electron chi connectivity index (χ2n) is 9.10. The molecule has 28 heavy (non-hydrogen) atoms. The highest BCUT2D eigenvalue weighted by Crippen LogP contribution is 2.44. The van der Waals surface area contributed by atoms with Gasteiger partial charge in [0.2, 0.25) is 0 Å². The number of rotatable bonds is 5. The number of ether oxygens (including phenoxy) is 1. The summed E-state index contributed by atoms with van der Waals surface area (Å²) in [5.41, 5.74) is 4.35. The molecule has 1 aliphatic heterocycles. The maximum atomic E-state index is 5.89. The molecule has 1 N–H and O–H groups in total. The van der Waals surface area contributed by atoms with Crippen molar-refractivity contribution < 1.29 is 4.74 Å². The predicted octanol–water partition coefficient (Wildman–Crippen LogP) is 7.13. The molecule has 2 nitrogen and oxygen atoms in total. The van der Waals surface area contributed by atoms with Crippen LogP contribution in [0.25, 0.3) is 0 Å². The van der Waals surface area contributed by atoms with Crippen molar-refractivity contribution in [3.05, 3.63) is 65.7 Å². The third-order valence-electron chi connectivity index (χ3n) is 5.46. The highest BCUT2D eigenvalue weighted by atomic mass is 16.5. The van der Waals surface area contributed by atoms with Gasteiger partial charge in [-0.05, 0) is 71.6 Å². The molecule has 1 heterocycles. The Labute approximate surface area is 172 Å². The van der Waals surface area contributed by atoms with Crippen molar-refractivity contribution in [1.82, 2.24) is 0 Å². The lowest BCUT2D eigenvalue weighted by atomic mass is 9.67. The molecule has 2 aromatic carbocycles. The second kappa shape index (κ2) is 10.1. The summed E-state index contributed by atoms with van der Waals surface area (Å²) in [5, 5.41) is 3.33. The fourth-order valence-corrected chi connectivity index (χ4v) is 4.33. The van der Waals surface area contributed by atoms with E-state index in [9.17, 15) is 0 Å². The van der Waals surface area contributed by atoms with E-state index in [0.29, 0.717) is 11.5 Å². The van der Waals surface area contributed by atoms with E-state index in [0.717, 1.165) is 19.4 Å². The Hall–Kier alpha value is -1.80. The third-order valence-corrected chi connectivity index (χ3v) is 5.46. The number of hydrogen-bond acceptors (Lipinski definition) is 2. The molecular formula is C26H39NO. The van der Waals surface area contributed by atoms with Crippen molar-refractivity contribution in [2.45, 2.75) is 84.3 Å². The summed E-state index contributed by atoms with van der Waals surface area (Å²) in [6.07, 6.45) is 4.81. The van der Waals surface area contributed by atoms with Crippen LogP contribution >= 0.6 is 0 Å². The summed E-state index contributed by atoms with van der Waals surface area (Å²) < 4.78 is 5.89. The Morgan fingerprint density at radius 2 is 1.64 bits per heavy atom. The first-order valence-electron chi connectivity index (χ1n) is 10.8. The van der Waals surface area contributed by atoms with Crippen molar-refractivity contribution in [3.8, 4) is 0 Å². The fraction of sp³-hybridized carbons (Fsp3) is 0.538. The highest BCUT2D eigenvalue weighted by Gasteiger charge is 2.41. The molecule has 1 aliphatic rings. The minimum atomic E-state index is 0.0171. The van der Waals surface area contributed by atoms with Gasteiger partial charge in [-0.3, -0.25) is 0 Å². The maximum absolute atomic E-state index is 5.89. The van der Waals surface area contributed by atoms with Crippen LogP contribution < -0.4 is 5.32 Å². The maximum Gasteiger partial charge on any atom is 0.0635 e. The minimum Gasteiger partial charge on any atom is -0.383 e. The average molecular weight is 382 g/mol. The number of benzene rings is 2. The Balaban J connectivity index is 0.000000221. The van der Waals surface area contributed by atoms with E-state index in [4.69, 9.17) is 4.74 Å². The SMILES string of the molecule is CCCC1(c2ccccc2)CCOC(C)(C)C1.Cc1ccc(NC(C)C)cc1. The summed E-state index contributed by atoms with van der Waals surface area (Å²) in [6.45, 7) is 14.0. The van der Waals surface area contributed by atoms with Gasteiger partial charge in [0.15, 0.2) is 0 Å². The predicted molar refractivity (Wildman–Crippen MR) is 122 cm³/mol. The van der Waals surface area contributed by atoms with Crippen LogP contribution in [0.15, 0.2) is 54.6 Å². The first-order valence-corrected chi connectivity index (χ1v) is 10.8. The van der Waals surface area contributed by atoms with Gasteiger partial charge in [0.05, 0.1) is 5.60 Å². The van der Waals surface area contributed by atoms with E-state index in [1.807, 2.05) is 0 Å². The van der Waals surface area contributed by atoms with Gasteiger partial charge in [-0.2, -0.15) is 0 Å². The molecule has 0 spiro atoms. The van der Waals surface area contributed by atoms with Gasteiger partial charge in [0.1, 0.15) is 0 Å². The van der Waals surface area contributed by atoms with E-state index in [2.05, 4.69) is 101 Å². The topological polar surface area (TPSA) is 21.3 Å². The van der Waals surface area contributed by atoms with Crippen LogP contribution in [0.2, 0.25) is 0 Å². The van der Waals surface area contributed by atoms with Gasteiger partial charge >= 0.3 is 0 Å². The zero-order chi connectivity index (χ0) is 20.6. The Morgan fingerprint density at radius 1 is 1.00 bits per heavy atom. The van der Waals surface area contributed by atoms with E-state index in [-0.39, 0.29) is 5.60 Å². The Kier molecular flexibility index (Phi) is 8.12. The molecule has 154 valence electrons. The lowest BCUT2D eigenvalue weighted by Crippen LogP contribution is -2.43. The molecule has 2 heteroatoms. The Bertz CT molecular complexity index is 686. The molecule has 0 bridgehead atoms. The quantitative estimate of drug-likeness (QED) is 0.595. The number of aryl methyl sites for hydroxylation is 1. The van der Waals surface area contributed by atoms with E-state index in [1.54, 1.807) is 0 Å². The lowest BCUT2D eigenvalue weighted by molar-refractivity contribution is -0.0842. The highest BCUT2D eigenvalue weighted by molar-refractivity contribution is 5.44. The molecule has 0 aliphatic carbocycles. The molecule has 1 unspecified atom stereocenters.